The van der Waals surface area contributed by atoms with Crippen molar-refractivity contribution >= 4 is 73.7 Å². The van der Waals surface area contributed by atoms with Crippen LogP contribution in [-0.2, 0) is 35.8 Å². The molecule has 0 amide bonds. The van der Waals surface area contributed by atoms with E-state index in [4.69, 9.17) is 44.5 Å². The molecule has 8 heteroatoms. The highest BCUT2D eigenvalue weighted by molar-refractivity contribution is 6.37. The van der Waals surface area contributed by atoms with Crippen molar-refractivity contribution in [1.29, 1.82) is 0 Å². The van der Waals surface area contributed by atoms with Crippen LogP contribution in [-0.4, -0.2) is 42.8 Å². The molecule has 5 aromatic rings. The highest BCUT2D eigenvalue weighted by Gasteiger charge is 2.38. The minimum Gasteiger partial charge on any atom is -0.378 e. The molecule has 4 heterocycles. The number of aryl methyl sites for hydroxylation is 2. The lowest BCUT2D eigenvalue weighted by Crippen LogP contribution is -2.36. The molecule has 0 radical (unpaired) electrons. The molecule has 0 spiro atoms. The summed E-state index contributed by atoms with van der Waals surface area (Å²) in [6.45, 7) is 9.18. The molecule has 4 aliphatic rings. The summed E-state index contributed by atoms with van der Waals surface area (Å²) in [4.78, 5) is 14.6. The quantitative estimate of drug-likeness (QED) is 0.187. The minimum absolute atomic E-state index is 0.0819. The number of morpholine rings is 1. The van der Waals surface area contributed by atoms with Crippen molar-refractivity contribution in [1.82, 2.24) is 9.97 Å². The number of pyridine rings is 2. The Hall–Kier alpha value is -3.09. The summed E-state index contributed by atoms with van der Waals surface area (Å²) in [5.41, 5.74) is 12.5. The van der Waals surface area contributed by atoms with Crippen LogP contribution in [0.4, 0.5) is 17.1 Å². The molecule has 1 saturated heterocycles. The topological polar surface area (TPSA) is 41.5 Å². The van der Waals surface area contributed by atoms with Gasteiger partial charge in [0.05, 0.1) is 35.0 Å². The average molecular weight is 672 g/mol. The van der Waals surface area contributed by atoms with E-state index in [9.17, 15) is 0 Å². The molecule has 3 aromatic carbocycles. The van der Waals surface area contributed by atoms with Crippen molar-refractivity contribution in [2.24, 2.45) is 0 Å². The SMILES string of the molecule is CC1(C)CN(c2c3c(nc4ccc(Cl)cc24)CCC3)c2cc(N3CCOCC3)ccc21.Clc1ccc2nc3c(c(Cl)c2c1)CCC3. The predicted octanol–water partition coefficient (Wildman–Crippen LogP) is 9.67. The molecule has 5 nitrogen and oxygen atoms in total. The van der Waals surface area contributed by atoms with Crippen molar-refractivity contribution in [3.8, 4) is 0 Å². The van der Waals surface area contributed by atoms with Crippen LogP contribution in [0.15, 0.2) is 54.6 Å². The van der Waals surface area contributed by atoms with Crippen LogP contribution >= 0.6 is 34.8 Å². The Morgan fingerprint density at radius 2 is 1.35 bits per heavy atom. The van der Waals surface area contributed by atoms with Crippen LogP contribution in [0.5, 0.6) is 0 Å². The first-order valence-corrected chi connectivity index (χ1v) is 17.5. The Kier molecular flexibility index (Phi) is 7.80. The molecule has 2 aromatic heterocycles. The smallest absolute Gasteiger partial charge is 0.0727 e. The van der Waals surface area contributed by atoms with E-state index < -0.39 is 0 Å². The van der Waals surface area contributed by atoms with Gasteiger partial charge in [-0.3, -0.25) is 9.97 Å². The number of halogens is 3. The van der Waals surface area contributed by atoms with Crippen molar-refractivity contribution in [2.45, 2.75) is 57.8 Å². The number of hydrogen-bond acceptors (Lipinski definition) is 5. The molecular formula is C38H37Cl3N4O. The predicted molar refractivity (Wildman–Crippen MR) is 192 cm³/mol. The maximum atomic E-state index is 6.47. The average Bonchev–Trinajstić information content (AvgIpc) is 3.79. The Labute approximate surface area is 285 Å². The van der Waals surface area contributed by atoms with Gasteiger partial charge in [-0.05, 0) is 104 Å². The van der Waals surface area contributed by atoms with Crippen molar-refractivity contribution in [3.63, 3.8) is 0 Å². The van der Waals surface area contributed by atoms with Gasteiger partial charge in [-0.1, -0.05) is 54.7 Å². The summed E-state index contributed by atoms with van der Waals surface area (Å²) in [7, 11) is 0. The summed E-state index contributed by atoms with van der Waals surface area (Å²) in [6, 6.07) is 18.9. The third kappa shape index (κ3) is 5.30. The van der Waals surface area contributed by atoms with Gasteiger partial charge in [0.2, 0.25) is 0 Å². The van der Waals surface area contributed by atoms with Crippen LogP contribution in [0.1, 0.15) is 54.8 Å². The van der Waals surface area contributed by atoms with Crippen molar-refractivity contribution < 1.29 is 4.74 Å². The zero-order valence-electron chi connectivity index (χ0n) is 26.3. The van der Waals surface area contributed by atoms with E-state index in [1.165, 1.54) is 51.3 Å². The number of nitrogens with zero attached hydrogens (tertiary/aromatic N) is 4. The number of anilines is 3. The third-order valence-corrected chi connectivity index (χ3v) is 11.0. The van der Waals surface area contributed by atoms with Crippen LogP contribution in [0, 0.1) is 0 Å². The van der Waals surface area contributed by atoms with Crippen molar-refractivity contribution in [3.05, 3.63) is 97.7 Å². The molecule has 0 N–H and O–H groups in total. The van der Waals surface area contributed by atoms with Gasteiger partial charge in [0.25, 0.3) is 0 Å². The number of aromatic nitrogens is 2. The van der Waals surface area contributed by atoms with E-state index in [1.54, 1.807) is 0 Å². The van der Waals surface area contributed by atoms with Gasteiger partial charge in [0.1, 0.15) is 0 Å². The maximum absolute atomic E-state index is 6.47. The number of rotatable bonds is 2. The second-order valence-corrected chi connectivity index (χ2v) is 14.8. The molecule has 0 bridgehead atoms. The summed E-state index contributed by atoms with van der Waals surface area (Å²) >= 11 is 18.8. The molecular weight excluding hydrogens is 635 g/mol. The summed E-state index contributed by atoms with van der Waals surface area (Å²) in [5, 5.41) is 4.48. The summed E-state index contributed by atoms with van der Waals surface area (Å²) in [5.74, 6) is 0. The number of benzene rings is 3. The summed E-state index contributed by atoms with van der Waals surface area (Å²) < 4.78 is 5.58. The lowest BCUT2D eigenvalue weighted by Gasteiger charge is -2.30. The first kappa shape index (κ1) is 30.3. The number of hydrogen-bond donors (Lipinski definition) is 0. The first-order valence-electron chi connectivity index (χ1n) is 16.4. The zero-order chi connectivity index (χ0) is 31.6. The maximum Gasteiger partial charge on any atom is 0.0727 e. The normalized spacial score (nSPS) is 18.0. The van der Waals surface area contributed by atoms with Gasteiger partial charge in [-0.15, -0.1) is 0 Å². The van der Waals surface area contributed by atoms with Crippen LogP contribution in [0.25, 0.3) is 21.8 Å². The van der Waals surface area contributed by atoms with E-state index in [-0.39, 0.29) is 5.41 Å². The van der Waals surface area contributed by atoms with Gasteiger partial charge in [0, 0.05) is 68.6 Å². The third-order valence-electron chi connectivity index (χ3n) is 10.0. The Balaban J connectivity index is 0.000000174. The number of fused-ring (bicyclic) bond motifs is 5. The molecule has 46 heavy (non-hydrogen) atoms. The van der Waals surface area contributed by atoms with Gasteiger partial charge in [-0.2, -0.15) is 0 Å². The molecule has 0 atom stereocenters. The standard InChI is InChI=1S/C26H28ClN3O.C12H9Cl2N/c1-26(2)16-30(24-15-18(7-8-21(24)26)29-10-12-31-13-11-29)25-19-4-3-5-22(19)28-23-9-6-17(27)14-20(23)25;13-7-4-5-11-9(6-7)12(14)8-2-1-3-10(8)15-11/h6-9,14-15H,3-5,10-13,16H2,1-2H3;4-6H,1-3H2. The fraction of sp³-hybridized carbons (Fsp3) is 0.368. The molecule has 0 saturated carbocycles. The van der Waals surface area contributed by atoms with E-state index in [1.807, 2.05) is 24.3 Å². The highest BCUT2D eigenvalue weighted by atomic mass is 35.5. The Bertz CT molecular complexity index is 2000. The molecule has 236 valence electrons. The fourth-order valence-corrected chi connectivity index (χ4v) is 8.49. The van der Waals surface area contributed by atoms with E-state index in [0.29, 0.717) is 5.02 Å². The minimum atomic E-state index is 0.0819. The molecule has 0 unspecified atom stereocenters. The lowest BCUT2D eigenvalue weighted by molar-refractivity contribution is 0.122. The zero-order valence-corrected chi connectivity index (χ0v) is 28.6. The van der Waals surface area contributed by atoms with Crippen LogP contribution < -0.4 is 9.80 Å². The number of ether oxygens (including phenoxy) is 1. The van der Waals surface area contributed by atoms with E-state index in [0.717, 1.165) is 97.1 Å². The van der Waals surface area contributed by atoms with Gasteiger partial charge >= 0.3 is 0 Å². The first-order chi connectivity index (χ1) is 22.3. The van der Waals surface area contributed by atoms with Gasteiger partial charge in [0.15, 0.2) is 0 Å². The molecule has 2 aliphatic heterocycles. The van der Waals surface area contributed by atoms with Crippen LogP contribution in [0.2, 0.25) is 15.1 Å². The summed E-state index contributed by atoms with van der Waals surface area (Å²) in [6.07, 6.45) is 6.59. The highest BCUT2D eigenvalue weighted by Crippen LogP contribution is 2.50. The second kappa shape index (κ2) is 11.9. The molecule has 1 fully saturated rings. The Morgan fingerprint density at radius 3 is 2.07 bits per heavy atom. The fourth-order valence-electron chi connectivity index (χ4n) is 7.79. The molecule has 2 aliphatic carbocycles. The van der Waals surface area contributed by atoms with E-state index in [2.05, 4.69) is 59.0 Å². The van der Waals surface area contributed by atoms with Gasteiger partial charge < -0.3 is 14.5 Å². The Morgan fingerprint density at radius 1 is 0.717 bits per heavy atom. The molecule has 9 rings (SSSR count). The van der Waals surface area contributed by atoms with Crippen LogP contribution in [0.3, 0.4) is 0 Å². The lowest BCUT2D eigenvalue weighted by atomic mass is 9.87. The monoisotopic (exact) mass is 670 g/mol. The van der Waals surface area contributed by atoms with Crippen molar-refractivity contribution in [2.75, 3.05) is 42.6 Å². The van der Waals surface area contributed by atoms with E-state index >= 15 is 0 Å². The van der Waals surface area contributed by atoms with Gasteiger partial charge in [-0.25, -0.2) is 0 Å². The second-order valence-electron chi connectivity index (χ2n) is 13.5. The largest absolute Gasteiger partial charge is 0.378 e.